The number of likely N-dealkylation sites (tertiary alicyclic amines) is 2. The Morgan fingerprint density at radius 3 is 2.15 bits per heavy atom. The zero-order chi connectivity index (χ0) is 25.6. The highest BCUT2D eigenvalue weighted by atomic mass is 16.4. The summed E-state index contributed by atoms with van der Waals surface area (Å²) >= 11 is 0. The zero-order valence-electron chi connectivity index (χ0n) is 20.0. The molecule has 34 heavy (non-hydrogen) atoms. The van der Waals surface area contributed by atoms with Crippen LogP contribution in [0.3, 0.4) is 0 Å². The van der Waals surface area contributed by atoms with Gasteiger partial charge in [0, 0.05) is 13.1 Å². The van der Waals surface area contributed by atoms with Crippen molar-refractivity contribution in [1.82, 2.24) is 20.4 Å². The summed E-state index contributed by atoms with van der Waals surface area (Å²) in [6.45, 7) is 5.00. The fourth-order valence-corrected chi connectivity index (χ4v) is 4.32. The van der Waals surface area contributed by atoms with Crippen molar-refractivity contribution in [2.45, 2.75) is 83.1 Å². The van der Waals surface area contributed by atoms with Gasteiger partial charge in [0.25, 0.3) is 0 Å². The number of carboxylic acids is 1. The van der Waals surface area contributed by atoms with Crippen molar-refractivity contribution < 1.29 is 34.2 Å². The van der Waals surface area contributed by atoms with Crippen molar-refractivity contribution >= 4 is 29.6 Å². The minimum absolute atomic E-state index is 0.113. The van der Waals surface area contributed by atoms with E-state index in [-0.39, 0.29) is 12.5 Å². The topological polar surface area (TPSA) is 182 Å². The number of hydrogen-bond donors (Lipinski definition) is 5. The van der Waals surface area contributed by atoms with Crippen LogP contribution in [0.4, 0.5) is 0 Å². The van der Waals surface area contributed by atoms with Crippen molar-refractivity contribution in [1.29, 1.82) is 0 Å². The Bertz CT molecular complexity index is 792. The van der Waals surface area contributed by atoms with E-state index >= 15 is 0 Å². The molecule has 0 radical (unpaired) electrons. The van der Waals surface area contributed by atoms with Crippen LogP contribution >= 0.6 is 0 Å². The molecule has 12 heteroatoms. The van der Waals surface area contributed by atoms with E-state index in [0.717, 1.165) is 0 Å². The Hall–Kier alpha value is -2.73. The van der Waals surface area contributed by atoms with E-state index in [2.05, 4.69) is 10.6 Å². The molecule has 0 aromatic heterocycles. The van der Waals surface area contributed by atoms with E-state index in [1.807, 2.05) is 13.8 Å². The maximum absolute atomic E-state index is 13.3. The van der Waals surface area contributed by atoms with Crippen LogP contribution < -0.4 is 16.4 Å². The molecule has 0 aromatic carbocycles. The van der Waals surface area contributed by atoms with Crippen LogP contribution in [0.15, 0.2) is 0 Å². The van der Waals surface area contributed by atoms with E-state index < -0.39 is 66.4 Å². The van der Waals surface area contributed by atoms with Crippen LogP contribution in [0.1, 0.15) is 52.9 Å². The van der Waals surface area contributed by atoms with Gasteiger partial charge in [0.15, 0.2) is 0 Å². The largest absolute Gasteiger partial charge is 0.480 e. The first-order valence-corrected chi connectivity index (χ1v) is 11.8. The van der Waals surface area contributed by atoms with Crippen LogP contribution in [0.5, 0.6) is 0 Å². The molecule has 2 aliphatic rings. The van der Waals surface area contributed by atoms with Crippen LogP contribution in [0, 0.1) is 5.92 Å². The number of carbonyl (C=O) groups excluding carboxylic acids is 4. The van der Waals surface area contributed by atoms with Gasteiger partial charge in [-0.25, -0.2) is 0 Å². The summed E-state index contributed by atoms with van der Waals surface area (Å²) in [4.78, 5) is 65.3. The van der Waals surface area contributed by atoms with Crippen LogP contribution in [-0.4, -0.2) is 99.5 Å². The Balaban J connectivity index is 2.09. The number of rotatable bonds is 10. The lowest BCUT2D eigenvalue weighted by Crippen LogP contribution is -2.59. The van der Waals surface area contributed by atoms with Crippen molar-refractivity contribution in [2.75, 3.05) is 19.7 Å². The van der Waals surface area contributed by atoms with Crippen LogP contribution in [0.2, 0.25) is 0 Å². The highest BCUT2D eigenvalue weighted by Crippen LogP contribution is 2.25. The molecule has 192 valence electrons. The summed E-state index contributed by atoms with van der Waals surface area (Å²) in [7, 11) is 0. The lowest BCUT2D eigenvalue weighted by atomic mass is 9.99. The molecule has 0 bridgehead atoms. The lowest BCUT2D eigenvalue weighted by molar-refractivity contribution is -0.149. The summed E-state index contributed by atoms with van der Waals surface area (Å²) in [5.74, 6) is -3.36. The molecule has 0 spiro atoms. The minimum atomic E-state index is -1.23. The number of nitrogens with two attached hydrogens (primary N) is 1. The molecule has 0 aliphatic carbocycles. The molecule has 0 unspecified atom stereocenters. The summed E-state index contributed by atoms with van der Waals surface area (Å²) < 4.78 is 0. The monoisotopic (exact) mass is 483 g/mol. The van der Waals surface area contributed by atoms with Gasteiger partial charge in [-0.15, -0.1) is 0 Å². The van der Waals surface area contributed by atoms with Crippen LogP contribution in [-0.2, 0) is 24.0 Å². The third-order valence-corrected chi connectivity index (χ3v) is 6.75. The predicted molar refractivity (Wildman–Crippen MR) is 121 cm³/mol. The second kappa shape index (κ2) is 12.1. The summed E-state index contributed by atoms with van der Waals surface area (Å²) in [5, 5.41) is 23.7. The van der Waals surface area contributed by atoms with E-state index in [1.54, 1.807) is 0 Å². The molecule has 2 rings (SSSR count). The van der Waals surface area contributed by atoms with Crippen LogP contribution in [0.25, 0.3) is 0 Å². The molecule has 6 N–H and O–H groups in total. The summed E-state index contributed by atoms with van der Waals surface area (Å²) in [6, 6.07) is -4.80. The molecule has 4 amide bonds. The number of aliphatic carboxylic acids is 1. The predicted octanol–water partition coefficient (Wildman–Crippen LogP) is -1.59. The lowest BCUT2D eigenvalue weighted by Gasteiger charge is -2.33. The molecule has 2 heterocycles. The second-order valence-corrected chi connectivity index (χ2v) is 9.10. The Kier molecular flexibility index (Phi) is 9.80. The first kappa shape index (κ1) is 27.5. The van der Waals surface area contributed by atoms with Gasteiger partial charge in [-0.05, 0) is 38.5 Å². The standard InChI is InChI=1S/C22H37N5O7/c1-4-12(2)17(23)19(30)25-14(11-28)20(31)27-10-6-8-16(27)21(32)26-9-5-7-15(26)18(29)24-13(3)22(33)34/h12-17,28H,4-11,23H2,1-3H3,(H,24,29)(H,25,30)(H,33,34)/t12-,13-,14-,15-,16-,17-/m0/s1. The second-order valence-electron chi connectivity index (χ2n) is 9.10. The smallest absolute Gasteiger partial charge is 0.325 e. The van der Waals surface area contributed by atoms with E-state index in [4.69, 9.17) is 10.8 Å². The average molecular weight is 484 g/mol. The molecule has 2 fully saturated rings. The SMILES string of the molecule is CC[C@H](C)[C@H](N)C(=O)N[C@@H](CO)C(=O)N1CCC[C@H]1C(=O)N1CCC[C@H]1C(=O)N[C@@H](C)C(=O)O. The first-order valence-electron chi connectivity index (χ1n) is 11.8. The van der Waals surface area contributed by atoms with Gasteiger partial charge in [-0.2, -0.15) is 0 Å². The first-order chi connectivity index (χ1) is 16.0. The van der Waals surface area contributed by atoms with Crippen molar-refractivity contribution in [2.24, 2.45) is 11.7 Å². The van der Waals surface area contributed by atoms with E-state index in [1.165, 1.54) is 16.7 Å². The van der Waals surface area contributed by atoms with Gasteiger partial charge in [0.2, 0.25) is 23.6 Å². The van der Waals surface area contributed by atoms with Crippen molar-refractivity contribution in [3.05, 3.63) is 0 Å². The van der Waals surface area contributed by atoms with Gasteiger partial charge >= 0.3 is 5.97 Å². The Morgan fingerprint density at radius 2 is 1.59 bits per heavy atom. The van der Waals surface area contributed by atoms with Crippen molar-refractivity contribution in [3.8, 4) is 0 Å². The van der Waals surface area contributed by atoms with Gasteiger partial charge < -0.3 is 36.4 Å². The Morgan fingerprint density at radius 1 is 1.00 bits per heavy atom. The molecule has 0 saturated carbocycles. The number of aliphatic hydroxyl groups is 1. The fraction of sp³-hybridized carbons (Fsp3) is 0.773. The number of nitrogens with zero attached hydrogens (tertiary/aromatic N) is 2. The van der Waals surface area contributed by atoms with Gasteiger partial charge in [-0.3, -0.25) is 24.0 Å². The van der Waals surface area contributed by atoms with Gasteiger partial charge in [0.05, 0.1) is 12.6 Å². The molecular weight excluding hydrogens is 446 g/mol. The summed E-state index contributed by atoms with van der Waals surface area (Å²) in [6.07, 6.45) is 2.59. The van der Waals surface area contributed by atoms with E-state index in [0.29, 0.717) is 38.6 Å². The molecule has 12 nitrogen and oxygen atoms in total. The quantitative estimate of drug-likeness (QED) is 0.246. The minimum Gasteiger partial charge on any atom is -0.480 e. The Labute approximate surface area is 199 Å². The number of carboxylic acid groups (broad SMARTS) is 1. The number of carbonyl (C=O) groups is 5. The van der Waals surface area contributed by atoms with Gasteiger partial charge in [0.1, 0.15) is 24.2 Å². The molecule has 2 saturated heterocycles. The van der Waals surface area contributed by atoms with E-state index in [9.17, 15) is 29.1 Å². The van der Waals surface area contributed by atoms with Crippen molar-refractivity contribution in [3.63, 3.8) is 0 Å². The summed E-state index contributed by atoms with van der Waals surface area (Å²) in [5.41, 5.74) is 5.93. The highest BCUT2D eigenvalue weighted by molar-refractivity contribution is 5.96. The average Bonchev–Trinajstić information content (AvgIpc) is 3.50. The maximum atomic E-state index is 13.3. The molecular formula is C22H37N5O7. The molecule has 6 atom stereocenters. The number of aliphatic hydroxyl groups excluding tert-OH is 1. The van der Waals surface area contributed by atoms with Gasteiger partial charge in [-0.1, -0.05) is 20.3 Å². The third kappa shape index (κ3) is 6.23. The molecule has 0 aromatic rings. The maximum Gasteiger partial charge on any atom is 0.325 e. The fourth-order valence-electron chi connectivity index (χ4n) is 4.32. The zero-order valence-corrected chi connectivity index (χ0v) is 20.0. The third-order valence-electron chi connectivity index (χ3n) is 6.75. The highest BCUT2D eigenvalue weighted by Gasteiger charge is 2.43. The number of nitrogens with one attached hydrogen (secondary N) is 2. The molecule has 2 aliphatic heterocycles. The number of hydrogen-bond acceptors (Lipinski definition) is 7. The normalized spacial score (nSPS) is 23.7. The number of amides is 4.